The molecule has 0 aliphatic rings. The van der Waals surface area contributed by atoms with Gasteiger partial charge in [0, 0.05) is 18.8 Å². The first-order chi connectivity index (χ1) is 9.97. The van der Waals surface area contributed by atoms with Crippen LogP contribution in [0.5, 0.6) is 0 Å². The number of anilines is 1. The van der Waals surface area contributed by atoms with E-state index in [1.807, 2.05) is 13.8 Å². The Bertz CT molecular complexity index is 472. The zero-order chi connectivity index (χ0) is 15.8. The van der Waals surface area contributed by atoms with Crippen molar-refractivity contribution in [2.24, 2.45) is 0 Å². The zero-order valence-corrected chi connectivity index (χ0v) is 12.6. The van der Waals surface area contributed by atoms with Crippen LogP contribution < -0.4 is 10.6 Å². The van der Waals surface area contributed by atoms with Gasteiger partial charge in [-0.1, -0.05) is 0 Å². The molecule has 0 spiro atoms. The fourth-order valence-electron chi connectivity index (χ4n) is 1.88. The minimum atomic E-state index is -0.427. The van der Waals surface area contributed by atoms with Gasteiger partial charge in [0.25, 0.3) is 0 Å². The first-order valence-electron chi connectivity index (χ1n) is 7.05. The maximum atomic E-state index is 12.7. The lowest BCUT2D eigenvalue weighted by molar-refractivity contribution is -0.132. The maximum absolute atomic E-state index is 12.7. The summed E-state index contributed by atoms with van der Waals surface area (Å²) in [5.41, 5.74) is 0.519. The lowest BCUT2D eigenvalue weighted by atomic mass is 10.2. The Kier molecular flexibility index (Phi) is 6.81. The number of likely N-dealkylation sites (N-methyl/N-ethyl adjacent to an activating group) is 1. The highest BCUT2D eigenvalue weighted by Crippen LogP contribution is 2.07. The number of hydrogen-bond acceptors (Lipinski definition) is 3. The highest BCUT2D eigenvalue weighted by molar-refractivity contribution is 5.92. The summed E-state index contributed by atoms with van der Waals surface area (Å²) in [6.07, 6.45) is 0. The molecule has 5 nitrogen and oxygen atoms in total. The third-order valence-corrected chi connectivity index (χ3v) is 3.14. The Hall–Kier alpha value is -1.95. The van der Waals surface area contributed by atoms with E-state index in [4.69, 9.17) is 0 Å². The van der Waals surface area contributed by atoms with E-state index in [2.05, 4.69) is 10.6 Å². The first-order valence-corrected chi connectivity index (χ1v) is 7.05. The van der Waals surface area contributed by atoms with Crippen molar-refractivity contribution in [1.29, 1.82) is 0 Å². The Morgan fingerprint density at radius 1 is 1.19 bits per heavy atom. The van der Waals surface area contributed by atoms with Crippen molar-refractivity contribution in [3.05, 3.63) is 30.1 Å². The van der Waals surface area contributed by atoms with E-state index in [1.54, 1.807) is 11.8 Å². The smallest absolute Gasteiger partial charge is 0.239 e. The van der Waals surface area contributed by atoms with E-state index in [0.29, 0.717) is 18.8 Å². The van der Waals surface area contributed by atoms with Crippen molar-refractivity contribution in [3.63, 3.8) is 0 Å². The molecule has 0 radical (unpaired) electrons. The fraction of sp³-hybridized carbons (Fsp3) is 0.467. The second-order valence-corrected chi connectivity index (χ2v) is 4.67. The molecule has 1 aromatic carbocycles. The molecule has 0 bridgehead atoms. The van der Waals surface area contributed by atoms with Crippen LogP contribution in [0.4, 0.5) is 10.1 Å². The topological polar surface area (TPSA) is 61.4 Å². The van der Waals surface area contributed by atoms with Crippen LogP contribution in [0.3, 0.4) is 0 Å². The van der Waals surface area contributed by atoms with Crippen molar-refractivity contribution < 1.29 is 14.0 Å². The molecule has 2 N–H and O–H groups in total. The van der Waals surface area contributed by atoms with Crippen LogP contribution >= 0.6 is 0 Å². The minimum absolute atomic E-state index is 0.0194. The minimum Gasteiger partial charge on any atom is -0.342 e. The SMILES string of the molecule is CCN(CC)C(=O)C(C)NCC(=O)Nc1ccc(F)cc1. The molecule has 6 heteroatoms. The zero-order valence-electron chi connectivity index (χ0n) is 12.6. The van der Waals surface area contributed by atoms with Crippen molar-refractivity contribution in [2.75, 3.05) is 25.0 Å². The number of hydrogen-bond donors (Lipinski definition) is 2. The van der Waals surface area contributed by atoms with Crippen LogP contribution in [-0.4, -0.2) is 42.4 Å². The number of benzene rings is 1. The molecule has 0 fully saturated rings. The molecule has 2 amide bonds. The van der Waals surface area contributed by atoms with E-state index in [0.717, 1.165) is 0 Å². The van der Waals surface area contributed by atoms with Gasteiger partial charge in [-0.25, -0.2) is 4.39 Å². The molecule has 0 saturated heterocycles. The Labute approximate surface area is 124 Å². The summed E-state index contributed by atoms with van der Waals surface area (Å²) in [5, 5.41) is 5.51. The number of nitrogens with one attached hydrogen (secondary N) is 2. The molecule has 0 heterocycles. The maximum Gasteiger partial charge on any atom is 0.239 e. The molecule has 0 saturated carbocycles. The number of carbonyl (C=O) groups is 2. The molecule has 1 aromatic rings. The van der Waals surface area contributed by atoms with Gasteiger partial charge in [-0.05, 0) is 45.0 Å². The second kappa shape index (κ2) is 8.36. The third-order valence-electron chi connectivity index (χ3n) is 3.14. The average molecular weight is 295 g/mol. The normalized spacial score (nSPS) is 11.8. The highest BCUT2D eigenvalue weighted by Gasteiger charge is 2.18. The van der Waals surface area contributed by atoms with Crippen molar-refractivity contribution in [3.8, 4) is 0 Å². The molecular formula is C15H22FN3O2. The number of carbonyl (C=O) groups excluding carboxylic acids is 2. The molecule has 1 unspecified atom stereocenters. The standard InChI is InChI=1S/C15H22FN3O2/c1-4-19(5-2)15(21)11(3)17-10-14(20)18-13-8-6-12(16)7-9-13/h6-9,11,17H,4-5,10H2,1-3H3,(H,18,20). The lowest BCUT2D eigenvalue weighted by Crippen LogP contribution is -2.46. The van der Waals surface area contributed by atoms with Crippen molar-refractivity contribution in [1.82, 2.24) is 10.2 Å². The Morgan fingerprint density at radius 3 is 2.29 bits per heavy atom. The van der Waals surface area contributed by atoms with E-state index >= 15 is 0 Å². The molecule has 0 aliphatic carbocycles. The van der Waals surface area contributed by atoms with Crippen LogP contribution in [0.25, 0.3) is 0 Å². The largest absolute Gasteiger partial charge is 0.342 e. The van der Waals surface area contributed by atoms with Crippen molar-refractivity contribution in [2.45, 2.75) is 26.8 Å². The first kappa shape index (κ1) is 17.1. The van der Waals surface area contributed by atoms with Gasteiger partial charge in [-0.15, -0.1) is 0 Å². The van der Waals surface area contributed by atoms with Gasteiger partial charge in [0.15, 0.2) is 0 Å². The van der Waals surface area contributed by atoms with Crippen molar-refractivity contribution >= 4 is 17.5 Å². The van der Waals surface area contributed by atoms with Crippen LogP contribution in [0.1, 0.15) is 20.8 Å². The van der Waals surface area contributed by atoms with Gasteiger partial charge in [-0.3, -0.25) is 14.9 Å². The molecule has 0 aromatic heterocycles. The third kappa shape index (κ3) is 5.51. The monoisotopic (exact) mass is 295 g/mol. The lowest BCUT2D eigenvalue weighted by Gasteiger charge is -2.23. The van der Waals surface area contributed by atoms with Gasteiger partial charge >= 0.3 is 0 Å². The van der Waals surface area contributed by atoms with E-state index < -0.39 is 6.04 Å². The van der Waals surface area contributed by atoms with E-state index in [-0.39, 0.29) is 24.2 Å². The Balaban J connectivity index is 2.42. The molecule has 1 atom stereocenters. The fourth-order valence-corrected chi connectivity index (χ4v) is 1.88. The van der Waals surface area contributed by atoms with Crippen LogP contribution in [0, 0.1) is 5.82 Å². The van der Waals surface area contributed by atoms with Gasteiger partial charge in [-0.2, -0.15) is 0 Å². The summed E-state index contributed by atoms with van der Waals surface area (Å²) in [4.78, 5) is 25.4. The van der Waals surface area contributed by atoms with E-state index in [1.165, 1.54) is 24.3 Å². The number of nitrogens with zero attached hydrogens (tertiary/aromatic N) is 1. The summed E-state index contributed by atoms with van der Waals surface area (Å²) < 4.78 is 12.7. The number of halogens is 1. The van der Waals surface area contributed by atoms with Crippen LogP contribution in [0.2, 0.25) is 0 Å². The van der Waals surface area contributed by atoms with Crippen LogP contribution in [-0.2, 0) is 9.59 Å². The average Bonchev–Trinajstić information content (AvgIpc) is 2.48. The summed E-state index contributed by atoms with van der Waals surface area (Å²) in [7, 11) is 0. The van der Waals surface area contributed by atoms with Gasteiger partial charge < -0.3 is 10.2 Å². The molecular weight excluding hydrogens is 273 g/mol. The van der Waals surface area contributed by atoms with E-state index in [9.17, 15) is 14.0 Å². The predicted molar refractivity (Wildman–Crippen MR) is 80.4 cm³/mol. The van der Waals surface area contributed by atoms with Crippen LogP contribution in [0.15, 0.2) is 24.3 Å². The van der Waals surface area contributed by atoms with Gasteiger partial charge in [0.05, 0.1) is 12.6 Å². The number of amides is 2. The Morgan fingerprint density at radius 2 is 1.76 bits per heavy atom. The molecule has 116 valence electrons. The summed E-state index contributed by atoms with van der Waals surface area (Å²) >= 11 is 0. The summed E-state index contributed by atoms with van der Waals surface area (Å²) in [6, 6.07) is 5.09. The predicted octanol–water partition coefficient (Wildman–Crippen LogP) is 1.61. The molecule has 0 aliphatic heterocycles. The molecule has 21 heavy (non-hydrogen) atoms. The second-order valence-electron chi connectivity index (χ2n) is 4.67. The van der Waals surface area contributed by atoms with Gasteiger partial charge in [0.1, 0.15) is 5.82 Å². The summed E-state index contributed by atoms with van der Waals surface area (Å²) in [6.45, 7) is 6.86. The molecule has 1 rings (SSSR count). The van der Waals surface area contributed by atoms with Gasteiger partial charge in [0.2, 0.25) is 11.8 Å². The number of rotatable bonds is 7. The summed E-state index contributed by atoms with van der Waals surface area (Å²) in [5.74, 6) is -0.667. The quantitative estimate of drug-likeness (QED) is 0.803. The highest BCUT2D eigenvalue weighted by atomic mass is 19.1.